The lowest BCUT2D eigenvalue weighted by molar-refractivity contribution is 1.20. The van der Waals surface area contributed by atoms with Gasteiger partial charge in [0.05, 0.1) is 0 Å². The highest BCUT2D eigenvalue weighted by molar-refractivity contribution is 5.80. The highest BCUT2D eigenvalue weighted by atomic mass is 14.2. The molecule has 0 radical (unpaired) electrons. The van der Waals surface area contributed by atoms with Gasteiger partial charge in [-0.2, -0.15) is 0 Å². The zero-order valence-corrected chi connectivity index (χ0v) is 10.1. The molecule has 2 aromatic rings. The van der Waals surface area contributed by atoms with Crippen LogP contribution in [-0.2, 0) is 6.42 Å². The van der Waals surface area contributed by atoms with Gasteiger partial charge in [-0.1, -0.05) is 35.9 Å². The molecule has 0 spiro atoms. The number of fused-ring (bicyclic) bond motifs is 3. The molecular weight excluding hydrogens is 192 g/mol. The summed E-state index contributed by atoms with van der Waals surface area (Å²) in [5.41, 5.74) is 10.2. The summed E-state index contributed by atoms with van der Waals surface area (Å²) in [6.45, 7) is 6.63. The molecule has 0 N–H and O–H groups in total. The Balaban J connectivity index is 2.36. The summed E-state index contributed by atoms with van der Waals surface area (Å²) in [5.74, 6) is 0. The lowest BCUT2D eigenvalue weighted by Gasteiger charge is -2.08. The molecule has 80 valence electrons. The first kappa shape index (κ1) is 9.65. The van der Waals surface area contributed by atoms with E-state index in [0.29, 0.717) is 0 Å². The lowest BCUT2D eigenvalue weighted by Crippen LogP contribution is -1.87. The second-order valence-corrected chi connectivity index (χ2v) is 4.89. The van der Waals surface area contributed by atoms with Gasteiger partial charge in [-0.05, 0) is 60.6 Å². The molecule has 0 amide bonds. The van der Waals surface area contributed by atoms with E-state index in [1.807, 2.05) is 0 Å². The van der Waals surface area contributed by atoms with Crippen LogP contribution in [0.2, 0.25) is 0 Å². The molecule has 0 saturated carbocycles. The van der Waals surface area contributed by atoms with Crippen molar-refractivity contribution in [1.29, 1.82) is 0 Å². The minimum absolute atomic E-state index is 1.11. The number of rotatable bonds is 0. The van der Waals surface area contributed by atoms with Gasteiger partial charge in [-0.15, -0.1) is 0 Å². The van der Waals surface area contributed by atoms with Crippen LogP contribution in [0.25, 0.3) is 11.1 Å². The van der Waals surface area contributed by atoms with E-state index in [9.17, 15) is 0 Å². The molecule has 0 nitrogen and oxygen atoms in total. The van der Waals surface area contributed by atoms with Crippen molar-refractivity contribution in [2.75, 3.05) is 0 Å². The van der Waals surface area contributed by atoms with Gasteiger partial charge in [0.15, 0.2) is 0 Å². The Morgan fingerprint density at radius 1 is 0.938 bits per heavy atom. The van der Waals surface area contributed by atoms with Crippen LogP contribution in [0, 0.1) is 20.8 Å². The van der Waals surface area contributed by atoms with Gasteiger partial charge in [0.2, 0.25) is 0 Å². The van der Waals surface area contributed by atoms with Crippen molar-refractivity contribution in [3.63, 3.8) is 0 Å². The topological polar surface area (TPSA) is 0 Å². The van der Waals surface area contributed by atoms with Crippen LogP contribution < -0.4 is 0 Å². The van der Waals surface area contributed by atoms with E-state index in [1.165, 1.54) is 38.9 Å². The molecule has 0 unspecified atom stereocenters. The molecule has 0 saturated heterocycles. The van der Waals surface area contributed by atoms with Crippen molar-refractivity contribution in [2.24, 2.45) is 0 Å². The Kier molecular flexibility index (Phi) is 1.94. The maximum absolute atomic E-state index is 2.33. The molecule has 0 heterocycles. The summed E-state index contributed by atoms with van der Waals surface area (Å²) in [7, 11) is 0. The van der Waals surface area contributed by atoms with Crippen LogP contribution in [0.3, 0.4) is 0 Å². The van der Waals surface area contributed by atoms with Crippen molar-refractivity contribution in [1.82, 2.24) is 0 Å². The zero-order chi connectivity index (χ0) is 11.3. The van der Waals surface area contributed by atoms with Crippen LogP contribution in [0.1, 0.15) is 27.8 Å². The molecule has 0 heteroatoms. The van der Waals surface area contributed by atoms with Crippen molar-refractivity contribution >= 4 is 0 Å². The SMILES string of the molecule is Cc1cc(C)c2c(c1)-c1c(C)cccc1C2. The number of hydrogen-bond donors (Lipinski definition) is 0. The normalized spacial score (nSPS) is 12.4. The quantitative estimate of drug-likeness (QED) is 0.520. The predicted molar refractivity (Wildman–Crippen MR) is 68.9 cm³/mol. The minimum atomic E-state index is 1.11. The summed E-state index contributed by atoms with van der Waals surface area (Å²) in [4.78, 5) is 0. The van der Waals surface area contributed by atoms with E-state index in [0.717, 1.165) is 6.42 Å². The highest BCUT2D eigenvalue weighted by Crippen LogP contribution is 2.40. The Bertz CT molecular complexity index is 577. The predicted octanol–water partition coefficient (Wildman–Crippen LogP) is 4.18. The number of hydrogen-bond acceptors (Lipinski definition) is 0. The number of aryl methyl sites for hydroxylation is 3. The third-order valence-corrected chi connectivity index (χ3v) is 3.61. The molecule has 16 heavy (non-hydrogen) atoms. The zero-order valence-electron chi connectivity index (χ0n) is 10.1. The molecule has 0 aromatic heterocycles. The van der Waals surface area contributed by atoms with Crippen molar-refractivity contribution in [3.8, 4) is 11.1 Å². The van der Waals surface area contributed by atoms with Crippen LogP contribution in [-0.4, -0.2) is 0 Å². The van der Waals surface area contributed by atoms with Crippen LogP contribution >= 0.6 is 0 Å². The van der Waals surface area contributed by atoms with Gasteiger partial charge >= 0.3 is 0 Å². The maximum atomic E-state index is 2.33. The largest absolute Gasteiger partial charge is 0.0617 e. The van der Waals surface area contributed by atoms with Gasteiger partial charge < -0.3 is 0 Å². The fraction of sp³-hybridized carbons (Fsp3) is 0.250. The fourth-order valence-corrected chi connectivity index (χ4v) is 2.91. The minimum Gasteiger partial charge on any atom is -0.0617 e. The molecule has 0 bridgehead atoms. The number of benzene rings is 2. The van der Waals surface area contributed by atoms with Crippen molar-refractivity contribution in [2.45, 2.75) is 27.2 Å². The van der Waals surface area contributed by atoms with E-state index in [2.05, 4.69) is 51.1 Å². The van der Waals surface area contributed by atoms with E-state index in [4.69, 9.17) is 0 Å². The smallest absolute Gasteiger partial charge is 0.00107 e. The Hall–Kier alpha value is -1.56. The average Bonchev–Trinajstić information content (AvgIpc) is 2.58. The third kappa shape index (κ3) is 1.23. The molecule has 0 atom stereocenters. The summed E-state index contributed by atoms with van der Waals surface area (Å²) in [6, 6.07) is 11.3. The first-order chi connectivity index (χ1) is 7.66. The summed E-state index contributed by atoms with van der Waals surface area (Å²) < 4.78 is 0. The second kappa shape index (κ2) is 3.21. The fourth-order valence-electron chi connectivity index (χ4n) is 2.91. The molecular formula is C16H16. The van der Waals surface area contributed by atoms with Gasteiger partial charge in [0, 0.05) is 0 Å². The van der Waals surface area contributed by atoms with E-state index < -0.39 is 0 Å². The average molecular weight is 208 g/mol. The third-order valence-electron chi connectivity index (χ3n) is 3.61. The van der Waals surface area contributed by atoms with E-state index in [-0.39, 0.29) is 0 Å². The summed E-state index contributed by atoms with van der Waals surface area (Å²) >= 11 is 0. The monoisotopic (exact) mass is 208 g/mol. The first-order valence-electron chi connectivity index (χ1n) is 5.86. The Morgan fingerprint density at radius 3 is 2.56 bits per heavy atom. The first-order valence-corrected chi connectivity index (χ1v) is 5.86. The Morgan fingerprint density at radius 2 is 1.75 bits per heavy atom. The molecule has 0 fully saturated rings. The highest BCUT2D eigenvalue weighted by Gasteiger charge is 2.21. The van der Waals surface area contributed by atoms with Crippen LogP contribution in [0.5, 0.6) is 0 Å². The van der Waals surface area contributed by atoms with Gasteiger partial charge in [-0.25, -0.2) is 0 Å². The van der Waals surface area contributed by atoms with E-state index >= 15 is 0 Å². The van der Waals surface area contributed by atoms with E-state index in [1.54, 1.807) is 0 Å². The molecule has 1 aliphatic rings. The summed E-state index contributed by atoms with van der Waals surface area (Å²) in [6.07, 6.45) is 1.11. The summed E-state index contributed by atoms with van der Waals surface area (Å²) in [5, 5.41) is 0. The van der Waals surface area contributed by atoms with Crippen molar-refractivity contribution < 1.29 is 0 Å². The molecule has 2 aromatic carbocycles. The van der Waals surface area contributed by atoms with Crippen LogP contribution in [0.15, 0.2) is 30.3 Å². The molecule has 0 aliphatic heterocycles. The van der Waals surface area contributed by atoms with Gasteiger partial charge in [0.25, 0.3) is 0 Å². The van der Waals surface area contributed by atoms with Gasteiger partial charge in [0.1, 0.15) is 0 Å². The second-order valence-electron chi connectivity index (χ2n) is 4.89. The van der Waals surface area contributed by atoms with Crippen LogP contribution in [0.4, 0.5) is 0 Å². The maximum Gasteiger partial charge on any atom is -0.00107 e. The molecule has 3 rings (SSSR count). The van der Waals surface area contributed by atoms with Gasteiger partial charge in [-0.3, -0.25) is 0 Å². The molecule has 1 aliphatic carbocycles. The van der Waals surface area contributed by atoms with Crippen molar-refractivity contribution in [3.05, 3.63) is 58.1 Å². The lowest BCUT2D eigenvalue weighted by atomic mass is 9.97. The standard InChI is InChI=1S/C16H16/c1-10-7-12(3)14-9-13-6-4-5-11(2)16(13)15(14)8-10/h4-8H,9H2,1-3H3. The Labute approximate surface area is 96.9 Å².